The second-order valence-corrected chi connectivity index (χ2v) is 4.22. The average Bonchev–Trinajstić information content (AvgIpc) is 2.24. The number of carboxylic acids is 1. The Labute approximate surface area is 102 Å². The van der Waals surface area contributed by atoms with E-state index in [1.54, 1.807) is 12.4 Å². The summed E-state index contributed by atoms with van der Waals surface area (Å²) >= 11 is 3.26. The number of pyridine rings is 1. The lowest BCUT2D eigenvalue weighted by Crippen LogP contribution is -1.97. The summed E-state index contributed by atoms with van der Waals surface area (Å²) in [6.07, 6.45) is 5.46. The lowest BCUT2D eigenvalue weighted by molar-refractivity contribution is -0.137. The van der Waals surface area contributed by atoms with E-state index >= 15 is 0 Å². The van der Waals surface area contributed by atoms with Crippen LogP contribution in [0.1, 0.15) is 30.4 Å². The van der Waals surface area contributed by atoms with Crippen molar-refractivity contribution in [3.8, 4) is 6.07 Å². The van der Waals surface area contributed by atoms with Gasteiger partial charge in [0.15, 0.2) is 0 Å². The third-order valence-corrected chi connectivity index (χ3v) is 2.78. The van der Waals surface area contributed by atoms with Crippen LogP contribution in [0.25, 0.3) is 0 Å². The fraction of sp³-hybridized carbons (Fsp3) is 0.364. The van der Waals surface area contributed by atoms with Crippen molar-refractivity contribution in [1.29, 1.82) is 5.26 Å². The van der Waals surface area contributed by atoms with Crippen LogP contribution in [0.3, 0.4) is 0 Å². The first-order valence-corrected chi connectivity index (χ1v) is 5.68. The zero-order valence-electron chi connectivity index (χ0n) is 8.61. The first-order chi connectivity index (χ1) is 7.65. The van der Waals surface area contributed by atoms with Gasteiger partial charge in [-0.15, -0.1) is 0 Å². The van der Waals surface area contributed by atoms with Gasteiger partial charge in [-0.05, 0) is 40.8 Å². The molecular formula is C11H11BrN2O2. The monoisotopic (exact) mass is 282 g/mol. The van der Waals surface area contributed by atoms with Crippen LogP contribution < -0.4 is 0 Å². The smallest absolute Gasteiger partial charge is 0.303 e. The largest absolute Gasteiger partial charge is 0.481 e. The summed E-state index contributed by atoms with van der Waals surface area (Å²) in [7, 11) is 0. The van der Waals surface area contributed by atoms with Gasteiger partial charge < -0.3 is 5.11 Å². The molecule has 0 aliphatic rings. The molecule has 0 fully saturated rings. The molecule has 1 rings (SSSR count). The normalized spacial score (nSPS) is 9.75. The van der Waals surface area contributed by atoms with Crippen molar-refractivity contribution in [3.63, 3.8) is 0 Å². The quantitative estimate of drug-likeness (QED) is 0.842. The summed E-state index contributed by atoms with van der Waals surface area (Å²) in [4.78, 5) is 14.3. The summed E-state index contributed by atoms with van der Waals surface area (Å²) in [6, 6.07) is 2.11. The Bertz CT molecular complexity index is 426. The van der Waals surface area contributed by atoms with Crippen molar-refractivity contribution in [2.24, 2.45) is 0 Å². The molecule has 5 heteroatoms. The number of aromatic nitrogens is 1. The minimum absolute atomic E-state index is 0.170. The van der Waals surface area contributed by atoms with Crippen molar-refractivity contribution >= 4 is 21.9 Å². The topological polar surface area (TPSA) is 74.0 Å². The second kappa shape index (κ2) is 6.23. The van der Waals surface area contributed by atoms with Gasteiger partial charge in [0, 0.05) is 18.8 Å². The molecule has 0 saturated carbocycles. The molecule has 0 amide bonds. The number of aliphatic carboxylic acids is 1. The Balaban J connectivity index is 2.58. The third kappa shape index (κ3) is 3.63. The predicted molar refractivity (Wildman–Crippen MR) is 61.8 cm³/mol. The van der Waals surface area contributed by atoms with Crippen LogP contribution in [0.2, 0.25) is 0 Å². The molecule has 1 aromatic heterocycles. The van der Waals surface area contributed by atoms with Gasteiger partial charge >= 0.3 is 5.97 Å². The first-order valence-electron chi connectivity index (χ1n) is 4.89. The molecule has 0 spiro atoms. The van der Waals surface area contributed by atoms with Gasteiger partial charge in [0.1, 0.15) is 6.07 Å². The van der Waals surface area contributed by atoms with Crippen LogP contribution in [0.15, 0.2) is 16.9 Å². The minimum atomic E-state index is -0.784. The van der Waals surface area contributed by atoms with Crippen molar-refractivity contribution in [3.05, 3.63) is 28.0 Å². The van der Waals surface area contributed by atoms with Crippen LogP contribution >= 0.6 is 15.9 Å². The van der Waals surface area contributed by atoms with Crippen LogP contribution in [-0.2, 0) is 11.2 Å². The Morgan fingerprint density at radius 2 is 2.25 bits per heavy atom. The summed E-state index contributed by atoms with van der Waals surface area (Å²) in [6.45, 7) is 0. The van der Waals surface area contributed by atoms with E-state index in [1.807, 2.05) is 0 Å². The maximum absolute atomic E-state index is 10.3. The van der Waals surface area contributed by atoms with Gasteiger partial charge in [0.25, 0.3) is 0 Å². The number of hydrogen-bond acceptors (Lipinski definition) is 3. The van der Waals surface area contributed by atoms with Crippen molar-refractivity contribution in [1.82, 2.24) is 4.98 Å². The van der Waals surface area contributed by atoms with Gasteiger partial charge in [0.05, 0.1) is 10.0 Å². The highest BCUT2D eigenvalue weighted by Crippen LogP contribution is 2.19. The molecule has 84 valence electrons. The van der Waals surface area contributed by atoms with E-state index < -0.39 is 5.97 Å². The summed E-state index contributed by atoms with van der Waals surface area (Å²) in [5.74, 6) is -0.784. The van der Waals surface area contributed by atoms with Crippen LogP contribution in [-0.4, -0.2) is 16.1 Å². The van der Waals surface area contributed by atoms with Crippen LogP contribution in [0.5, 0.6) is 0 Å². The molecule has 0 atom stereocenters. The van der Waals surface area contributed by atoms with E-state index in [1.165, 1.54) is 0 Å². The zero-order chi connectivity index (χ0) is 12.0. The first kappa shape index (κ1) is 12.7. The van der Waals surface area contributed by atoms with E-state index in [0.717, 1.165) is 12.0 Å². The van der Waals surface area contributed by atoms with Gasteiger partial charge in [-0.25, -0.2) is 0 Å². The molecule has 0 aliphatic heterocycles. The van der Waals surface area contributed by atoms with Crippen molar-refractivity contribution in [2.75, 3.05) is 0 Å². The molecule has 0 bridgehead atoms. The van der Waals surface area contributed by atoms with Crippen molar-refractivity contribution in [2.45, 2.75) is 25.7 Å². The van der Waals surface area contributed by atoms with Gasteiger partial charge in [0.2, 0.25) is 0 Å². The van der Waals surface area contributed by atoms with E-state index in [2.05, 4.69) is 27.0 Å². The lowest BCUT2D eigenvalue weighted by atomic mass is 10.0. The maximum Gasteiger partial charge on any atom is 0.303 e. The summed E-state index contributed by atoms with van der Waals surface area (Å²) in [5, 5.41) is 17.4. The van der Waals surface area contributed by atoms with Gasteiger partial charge in [-0.1, -0.05) is 0 Å². The van der Waals surface area contributed by atoms with Crippen LogP contribution in [0.4, 0.5) is 0 Å². The number of unbranched alkanes of at least 4 members (excludes halogenated alkanes) is 1. The van der Waals surface area contributed by atoms with Crippen molar-refractivity contribution < 1.29 is 9.90 Å². The van der Waals surface area contributed by atoms with Gasteiger partial charge in [-0.3, -0.25) is 9.78 Å². The molecule has 1 aromatic rings. The highest BCUT2D eigenvalue weighted by molar-refractivity contribution is 9.10. The van der Waals surface area contributed by atoms with Gasteiger partial charge in [-0.2, -0.15) is 5.26 Å². The summed E-state index contributed by atoms with van der Waals surface area (Å²) in [5.41, 5.74) is 1.45. The Morgan fingerprint density at radius 1 is 1.50 bits per heavy atom. The molecular weight excluding hydrogens is 272 g/mol. The van der Waals surface area contributed by atoms with E-state index in [-0.39, 0.29) is 6.42 Å². The minimum Gasteiger partial charge on any atom is -0.481 e. The highest BCUT2D eigenvalue weighted by Gasteiger charge is 2.06. The Kier molecular flexibility index (Phi) is 4.93. The Hall–Kier alpha value is -1.41. The lowest BCUT2D eigenvalue weighted by Gasteiger charge is -2.03. The number of hydrogen-bond donors (Lipinski definition) is 1. The second-order valence-electron chi connectivity index (χ2n) is 3.37. The number of nitrogens with zero attached hydrogens (tertiary/aromatic N) is 2. The third-order valence-electron chi connectivity index (χ3n) is 2.18. The number of carbonyl (C=O) groups is 1. The standard InChI is InChI=1S/C11H11BrN2O2/c12-10-7-14-6-8(9(10)5-13)3-1-2-4-11(15)16/h6-7H,1-4H2,(H,15,16). The molecule has 1 heterocycles. The molecule has 1 N–H and O–H groups in total. The molecule has 0 radical (unpaired) electrons. The molecule has 16 heavy (non-hydrogen) atoms. The van der Waals surface area contributed by atoms with E-state index in [4.69, 9.17) is 10.4 Å². The molecule has 0 unspecified atom stereocenters. The number of aryl methyl sites for hydroxylation is 1. The number of halogens is 1. The fourth-order valence-corrected chi connectivity index (χ4v) is 1.84. The predicted octanol–water partition coefficient (Wildman–Crippen LogP) is 2.51. The fourth-order valence-electron chi connectivity index (χ4n) is 1.38. The molecule has 0 aliphatic carbocycles. The van der Waals surface area contributed by atoms with E-state index in [0.29, 0.717) is 22.9 Å². The summed E-state index contributed by atoms with van der Waals surface area (Å²) < 4.78 is 0.686. The molecule has 0 aromatic carbocycles. The van der Waals surface area contributed by atoms with Crippen LogP contribution in [0, 0.1) is 11.3 Å². The SMILES string of the molecule is N#Cc1c(Br)cncc1CCCCC(=O)O. The highest BCUT2D eigenvalue weighted by atomic mass is 79.9. The molecule has 0 saturated heterocycles. The maximum atomic E-state index is 10.3. The zero-order valence-corrected chi connectivity index (χ0v) is 10.2. The molecule has 4 nitrogen and oxygen atoms in total. The number of carboxylic acid groups (broad SMARTS) is 1. The van der Waals surface area contributed by atoms with E-state index in [9.17, 15) is 4.79 Å². The Morgan fingerprint density at radius 3 is 2.88 bits per heavy atom. The number of nitriles is 1. The average molecular weight is 283 g/mol. The number of rotatable bonds is 5.